The molecule has 7 nitrogen and oxygen atoms in total. The first-order valence-electron chi connectivity index (χ1n) is 8.17. The summed E-state index contributed by atoms with van der Waals surface area (Å²) >= 11 is 0. The molecule has 2 N–H and O–H groups in total. The first-order chi connectivity index (χ1) is 12.5. The lowest BCUT2D eigenvalue weighted by Gasteiger charge is -2.28. The second-order valence-electron chi connectivity index (χ2n) is 6.24. The van der Waals surface area contributed by atoms with E-state index in [4.69, 9.17) is 0 Å². The highest BCUT2D eigenvalue weighted by atomic mass is 16.2. The van der Waals surface area contributed by atoms with Gasteiger partial charge in [-0.2, -0.15) is 0 Å². The quantitative estimate of drug-likeness (QED) is 0.644. The van der Waals surface area contributed by atoms with Gasteiger partial charge in [-0.1, -0.05) is 42.5 Å². The highest BCUT2D eigenvalue weighted by Gasteiger charge is 2.48. The maximum atomic E-state index is 12.5. The minimum atomic E-state index is -1.31. The van der Waals surface area contributed by atoms with Crippen LogP contribution in [0.15, 0.2) is 54.6 Å². The summed E-state index contributed by atoms with van der Waals surface area (Å²) in [6.45, 7) is 0.00887. The smallest absolute Gasteiger partial charge is 0.319 e. The molecule has 0 spiro atoms. The number of nitrogens with one attached hydrogen (secondary N) is 2. The fraction of sp³-hybridized carbons (Fsp3) is 0.158. The van der Waals surface area contributed by atoms with Gasteiger partial charge in [0.1, 0.15) is 5.54 Å². The van der Waals surface area contributed by atoms with Gasteiger partial charge in [-0.05, 0) is 17.7 Å². The molecule has 0 aromatic heterocycles. The van der Waals surface area contributed by atoms with E-state index in [1.54, 1.807) is 54.6 Å². The lowest BCUT2D eigenvalue weighted by atomic mass is 9.86. The van der Waals surface area contributed by atoms with Crippen LogP contribution in [-0.4, -0.2) is 35.2 Å². The summed E-state index contributed by atoms with van der Waals surface area (Å²) in [6.07, 6.45) is 0.0834. The molecule has 1 atom stereocenters. The van der Waals surface area contributed by atoms with Gasteiger partial charge in [0, 0.05) is 13.0 Å². The highest BCUT2D eigenvalue weighted by molar-refractivity contribution is 6.21. The molecule has 0 aliphatic carbocycles. The summed E-state index contributed by atoms with van der Waals surface area (Å²) in [5.41, 5.74) is -0.00877. The van der Waals surface area contributed by atoms with E-state index in [-0.39, 0.29) is 13.0 Å². The Balaban J connectivity index is 1.63. The third kappa shape index (κ3) is 2.28. The number of imide groups is 2. The summed E-state index contributed by atoms with van der Waals surface area (Å²) in [6, 6.07) is 14.8. The van der Waals surface area contributed by atoms with Gasteiger partial charge in [0.25, 0.3) is 17.7 Å². The summed E-state index contributed by atoms with van der Waals surface area (Å²) in [4.78, 5) is 50.4. The van der Waals surface area contributed by atoms with Crippen molar-refractivity contribution in [2.75, 3.05) is 6.54 Å². The van der Waals surface area contributed by atoms with Crippen LogP contribution < -0.4 is 10.6 Å². The van der Waals surface area contributed by atoms with Crippen molar-refractivity contribution < 1.29 is 19.2 Å². The largest absolute Gasteiger partial charge is 0.322 e. The van der Waals surface area contributed by atoms with E-state index in [9.17, 15) is 19.2 Å². The SMILES string of the molecule is O=C1NC(=O)[C@](CCN2C(=O)c3ccccc3C2=O)(c2ccccc2)N1. The molecule has 0 radical (unpaired) electrons. The van der Waals surface area contributed by atoms with Crippen molar-refractivity contribution >= 4 is 23.8 Å². The molecule has 2 aromatic rings. The number of hydrogen-bond acceptors (Lipinski definition) is 4. The number of fused-ring (bicyclic) bond motifs is 1. The monoisotopic (exact) mass is 349 g/mol. The molecule has 2 aliphatic heterocycles. The zero-order chi connectivity index (χ0) is 18.3. The third-order valence-electron chi connectivity index (χ3n) is 4.80. The Morgan fingerprint density at radius 1 is 0.808 bits per heavy atom. The first-order valence-corrected chi connectivity index (χ1v) is 8.17. The molecule has 0 bridgehead atoms. The number of carbonyl (C=O) groups is 4. The molecule has 4 rings (SSSR count). The van der Waals surface area contributed by atoms with E-state index >= 15 is 0 Å². The Kier molecular flexibility index (Phi) is 3.57. The van der Waals surface area contributed by atoms with Crippen LogP contribution in [-0.2, 0) is 10.3 Å². The Morgan fingerprint density at radius 3 is 1.92 bits per heavy atom. The number of rotatable bonds is 4. The molecular formula is C19H15N3O4. The molecule has 0 unspecified atom stereocenters. The van der Waals surface area contributed by atoms with Crippen molar-refractivity contribution in [2.24, 2.45) is 0 Å². The van der Waals surface area contributed by atoms with E-state index in [1.165, 1.54) is 0 Å². The lowest BCUT2D eigenvalue weighted by Crippen LogP contribution is -2.47. The van der Waals surface area contributed by atoms with Crippen LogP contribution in [0, 0.1) is 0 Å². The number of benzene rings is 2. The molecule has 1 saturated heterocycles. The predicted octanol–water partition coefficient (Wildman–Crippen LogP) is 1.41. The van der Waals surface area contributed by atoms with Crippen molar-refractivity contribution in [3.05, 3.63) is 71.3 Å². The molecule has 0 saturated carbocycles. The number of hydrogen-bond donors (Lipinski definition) is 2. The van der Waals surface area contributed by atoms with E-state index < -0.39 is 29.3 Å². The molecular weight excluding hydrogens is 334 g/mol. The van der Waals surface area contributed by atoms with Gasteiger partial charge in [0.2, 0.25) is 0 Å². The maximum Gasteiger partial charge on any atom is 0.322 e. The molecule has 26 heavy (non-hydrogen) atoms. The maximum absolute atomic E-state index is 12.5. The van der Waals surface area contributed by atoms with Crippen LogP contribution in [0.1, 0.15) is 32.7 Å². The van der Waals surface area contributed by atoms with Gasteiger partial charge in [-0.15, -0.1) is 0 Å². The van der Waals surface area contributed by atoms with Gasteiger partial charge < -0.3 is 5.32 Å². The molecule has 130 valence electrons. The predicted molar refractivity (Wildman–Crippen MR) is 91.2 cm³/mol. The van der Waals surface area contributed by atoms with E-state index in [1.807, 2.05) is 0 Å². The summed E-state index contributed by atoms with van der Waals surface area (Å²) < 4.78 is 0. The van der Waals surface area contributed by atoms with E-state index in [0.717, 1.165) is 4.90 Å². The van der Waals surface area contributed by atoms with Gasteiger partial charge in [-0.25, -0.2) is 4.79 Å². The Morgan fingerprint density at radius 2 is 1.38 bits per heavy atom. The van der Waals surface area contributed by atoms with Crippen molar-refractivity contribution in [3.8, 4) is 0 Å². The van der Waals surface area contributed by atoms with Crippen LogP contribution in [0.25, 0.3) is 0 Å². The summed E-state index contributed by atoms with van der Waals surface area (Å²) in [5.74, 6) is -1.28. The molecule has 1 fully saturated rings. The number of carbonyl (C=O) groups excluding carboxylic acids is 4. The van der Waals surface area contributed by atoms with Crippen molar-refractivity contribution in [1.29, 1.82) is 0 Å². The Labute approximate surface area is 149 Å². The summed E-state index contributed by atoms with van der Waals surface area (Å²) in [5, 5.41) is 4.90. The fourth-order valence-electron chi connectivity index (χ4n) is 3.46. The van der Waals surface area contributed by atoms with Crippen molar-refractivity contribution in [3.63, 3.8) is 0 Å². The van der Waals surface area contributed by atoms with Gasteiger partial charge in [-0.3, -0.25) is 24.6 Å². The van der Waals surface area contributed by atoms with Crippen LogP contribution in [0.2, 0.25) is 0 Å². The average molecular weight is 349 g/mol. The summed E-state index contributed by atoms with van der Waals surface area (Å²) in [7, 11) is 0. The zero-order valence-corrected chi connectivity index (χ0v) is 13.7. The zero-order valence-electron chi connectivity index (χ0n) is 13.7. The average Bonchev–Trinajstić information content (AvgIpc) is 3.08. The topological polar surface area (TPSA) is 95.6 Å². The second-order valence-corrected chi connectivity index (χ2v) is 6.24. The highest BCUT2D eigenvalue weighted by Crippen LogP contribution is 2.31. The van der Waals surface area contributed by atoms with Crippen molar-refractivity contribution in [2.45, 2.75) is 12.0 Å². The standard InChI is InChI=1S/C19H15N3O4/c23-15-13-8-4-5-9-14(13)16(24)22(15)11-10-19(12-6-2-1-3-7-12)17(25)20-18(26)21-19/h1-9H,10-11H2,(H2,20,21,25,26)/t19-/m0/s1. The van der Waals surface area contributed by atoms with Gasteiger partial charge in [0.05, 0.1) is 11.1 Å². The third-order valence-corrected chi connectivity index (χ3v) is 4.80. The number of nitrogens with zero attached hydrogens (tertiary/aromatic N) is 1. The van der Waals surface area contributed by atoms with Crippen molar-refractivity contribution in [1.82, 2.24) is 15.5 Å². The Bertz CT molecular complexity index is 906. The minimum Gasteiger partial charge on any atom is -0.319 e. The molecule has 5 amide bonds. The number of amides is 5. The number of urea groups is 1. The normalized spacial score (nSPS) is 21.6. The van der Waals surface area contributed by atoms with Crippen LogP contribution in [0.3, 0.4) is 0 Å². The van der Waals surface area contributed by atoms with Gasteiger partial charge >= 0.3 is 6.03 Å². The van der Waals surface area contributed by atoms with Crippen LogP contribution in [0.4, 0.5) is 4.79 Å². The van der Waals surface area contributed by atoms with Gasteiger partial charge in [0.15, 0.2) is 0 Å². The molecule has 2 heterocycles. The molecule has 2 aromatic carbocycles. The first kappa shape index (κ1) is 16.0. The molecule has 7 heteroatoms. The van der Waals surface area contributed by atoms with Crippen LogP contribution >= 0.6 is 0 Å². The molecule has 2 aliphatic rings. The Hall–Kier alpha value is -3.48. The lowest BCUT2D eigenvalue weighted by molar-refractivity contribution is -0.124. The minimum absolute atomic E-state index is 0.00887. The second kappa shape index (κ2) is 5.80. The van der Waals surface area contributed by atoms with E-state index in [2.05, 4.69) is 10.6 Å². The van der Waals surface area contributed by atoms with Crippen LogP contribution in [0.5, 0.6) is 0 Å². The fourth-order valence-corrected chi connectivity index (χ4v) is 3.46. The van der Waals surface area contributed by atoms with E-state index in [0.29, 0.717) is 16.7 Å².